The van der Waals surface area contributed by atoms with E-state index in [1.807, 2.05) is 12.3 Å². The van der Waals surface area contributed by atoms with Crippen molar-refractivity contribution >= 4 is 23.2 Å². The maximum absolute atomic E-state index is 11.8. The van der Waals surface area contributed by atoms with E-state index in [1.165, 1.54) is 10.4 Å². The zero-order chi connectivity index (χ0) is 13.8. The molecule has 5 nitrogen and oxygen atoms in total. The van der Waals surface area contributed by atoms with Crippen LogP contribution in [0.4, 0.5) is 0 Å². The van der Waals surface area contributed by atoms with Gasteiger partial charge in [-0.1, -0.05) is 0 Å². The molecule has 1 aliphatic rings. The molecule has 0 bridgehead atoms. The van der Waals surface area contributed by atoms with Crippen molar-refractivity contribution in [3.05, 3.63) is 21.9 Å². The normalized spacial score (nSPS) is 22.4. The van der Waals surface area contributed by atoms with Gasteiger partial charge in [0.2, 0.25) is 5.91 Å². The molecule has 2 rings (SSSR count). The highest BCUT2D eigenvalue weighted by molar-refractivity contribution is 7.10. The number of nitrogens with one attached hydrogen (secondary N) is 1. The number of ether oxygens (including phenoxy) is 1. The van der Waals surface area contributed by atoms with Gasteiger partial charge in [-0.05, 0) is 43.2 Å². The molecule has 0 aliphatic carbocycles. The summed E-state index contributed by atoms with van der Waals surface area (Å²) in [6.45, 7) is 2.60. The van der Waals surface area contributed by atoms with Crippen molar-refractivity contribution in [2.45, 2.75) is 38.4 Å². The summed E-state index contributed by atoms with van der Waals surface area (Å²) in [6, 6.07) is 2.05. The van der Waals surface area contributed by atoms with Gasteiger partial charge < -0.3 is 15.2 Å². The number of carboxylic acids is 1. The molecule has 0 aromatic carbocycles. The third-order valence-corrected chi connectivity index (χ3v) is 4.29. The standard InChI is InChI=1S/C13H17NO4S/c1-8-5-7-19-11(8)4-6-14-12(15)9-2-3-10(18-9)13(16)17/h5,7,9-10H,2-4,6H2,1H3,(H,14,15)(H,16,17)/t9-,10+/m0/s1. The van der Waals surface area contributed by atoms with Crippen LogP contribution in [0, 0.1) is 6.92 Å². The highest BCUT2D eigenvalue weighted by atomic mass is 32.1. The molecule has 0 radical (unpaired) electrons. The van der Waals surface area contributed by atoms with E-state index in [0.29, 0.717) is 19.4 Å². The first-order chi connectivity index (χ1) is 9.08. The number of carboxylic acid groups (broad SMARTS) is 1. The first kappa shape index (κ1) is 14.0. The van der Waals surface area contributed by atoms with Crippen LogP contribution in [-0.4, -0.2) is 35.7 Å². The van der Waals surface area contributed by atoms with Gasteiger partial charge in [0.05, 0.1) is 0 Å². The van der Waals surface area contributed by atoms with Crippen molar-refractivity contribution in [2.75, 3.05) is 6.54 Å². The van der Waals surface area contributed by atoms with Crippen molar-refractivity contribution in [1.82, 2.24) is 5.32 Å². The van der Waals surface area contributed by atoms with E-state index < -0.39 is 18.2 Å². The molecule has 19 heavy (non-hydrogen) atoms. The number of amides is 1. The van der Waals surface area contributed by atoms with Gasteiger partial charge in [0.25, 0.3) is 0 Å². The van der Waals surface area contributed by atoms with E-state index in [1.54, 1.807) is 11.3 Å². The van der Waals surface area contributed by atoms with Gasteiger partial charge in [0.15, 0.2) is 6.10 Å². The summed E-state index contributed by atoms with van der Waals surface area (Å²) < 4.78 is 5.19. The van der Waals surface area contributed by atoms with Crippen LogP contribution >= 0.6 is 11.3 Å². The number of aryl methyl sites for hydroxylation is 1. The summed E-state index contributed by atoms with van der Waals surface area (Å²) in [5, 5.41) is 13.6. The van der Waals surface area contributed by atoms with E-state index in [4.69, 9.17) is 9.84 Å². The van der Waals surface area contributed by atoms with Crippen LogP contribution < -0.4 is 5.32 Å². The lowest BCUT2D eigenvalue weighted by molar-refractivity contribution is -0.151. The Morgan fingerprint density at radius 1 is 1.47 bits per heavy atom. The van der Waals surface area contributed by atoms with E-state index >= 15 is 0 Å². The van der Waals surface area contributed by atoms with Gasteiger partial charge in [0.1, 0.15) is 6.10 Å². The third kappa shape index (κ3) is 3.54. The Morgan fingerprint density at radius 2 is 2.21 bits per heavy atom. The maximum atomic E-state index is 11.8. The molecule has 1 saturated heterocycles. The molecule has 6 heteroatoms. The monoisotopic (exact) mass is 283 g/mol. The van der Waals surface area contributed by atoms with Crippen LogP contribution in [0.15, 0.2) is 11.4 Å². The maximum Gasteiger partial charge on any atom is 0.332 e. The lowest BCUT2D eigenvalue weighted by Gasteiger charge is -2.11. The van der Waals surface area contributed by atoms with Gasteiger partial charge in [-0.25, -0.2) is 4.79 Å². The summed E-state index contributed by atoms with van der Waals surface area (Å²) in [5.41, 5.74) is 1.24. The summed E-state index contributed by atoms with van der Waals surface area (Å²) in [6.07, 6.45) is 0.212. The van der Waals surface area contributed by atoms with E-state index in [0.717, 1.165) is 6.42 Å². The smallest absolute Gasteiger partial charge is 0.332 e. The predicted molar refractivity (Wildman–Crippen MR) is 71.3 cm³/mol. The molecular formula is C13H17NO4S. The second kappa shape index (κ2) is 6.16. The minimum absolute atomic E-state index is 0.210. The molecule has 104 valence electrons. The zero-order valence-electron chi connectivity index (χ0n) is 10.7. The van der Waals surface area contributed by atoms with Crippen LogP contribution in [0.1, 0.15) is 23.3 Å². The number of aliphatic carboxylic acids is 1. The van der Waals surface area contributed by atoms with Gasteiger partial charge in [-0.2, -0.15) is 0 Å². The first-order valence-electron chi connectivity index (χ1n) is 6.27. The number of carbonyl (C=O) groups excluding carboxylic acids is 1. The molecule has 0 unspecified atom stereocenters. The molecule has 2 heterocycles. The Morgan fingerprint density at radius 3 is 2.79 bits per heavy atom. The van der Waals surface area contributed by atoms with E-state index in [2.05, 4.69) is 11.4 Å². The van der Waals surface area contributed by atoms with Crippen molar-refractivity contribution in [1.29, 1.82) is 0 Å². The quantitative estimate of drug-likeness (QED) is 0.855. The minimum Gasteiger partial charge on any atom is -0.479 e. The third-order valence-electron chi connectivity index (χ3n) is 3.21. The van der Waals surface area contributed by atoms with Crippen molar-refractivity contribution < 1.29 is 19.4 Å². The summed E-state index contributed by atoms with van der Waals surface area (Å²) in [4.78, 5) is 23.8. The molecule has 1 fully saturated rings. The molecule has 1 aliphatic heterocycles. The van der Waals surface area contributed by atoms with Crippen molar-refractivity contribution in [3.8, 4) is 0 Å². The van der Waals surface area contributed by atoms with Gasteiger partial charge in [0, 0.05) is 11.4 Å². The number of hydrogen-bond donors (Lipinski definition) is 2. The summed E-state index contributed by atoms with van der Waals surface area (Å²) in [5.74, 6) is -1.21. The van der Waals surface area contributed by atoms with Gasteiger partial charge in [-0.3, -0.25) is 4.79 Å². The molecule has 0 saturated carbocycles. The Kier molecular flexibility index (Phi) is 4.55. The molecular weight excluding hydrogens is 266 g/mol. The van der Waals surface area contributed by atoms with Crippen molar-refractivity contribution in [2.24, 2.45) is 0 Å². The molecule has 1 aromatic heterocycles. The highest BCUT2D eigenvalue weighted by Crippen LogP contribution is 2.20. The number of thiophene rings is 1. The Bertz CT molecular complexity index is 471. The van der Waals surface area contributed by atoms with Crippen LogP contribution in [0.5, 0.6) is 0 Å². The zero-order valence-corrected chi connectivity index (χ0v) is 11.5. The fraction of sp³-hybridized carbons (Fsp3) is 0.538. The average molecular weight is 283 g/mol. The summed E-state index contributed by atoms with van der Waals surface area (Å²) >= 11 is 1.68. The van der Waals surface area contributed by atoms with E-state index in [-0.39, 0.29) is 5.91 Å². The fourth-order valence-corrected chi connectivity index (χ4v) is 3.00. The Hall–Kier alpha value is -1.40. The molecule has 1 aromatic rings. The van der Waals surface area contributed by atoms with Crippen LogP contribution in [-0.2, 0) is 20.7 Å². The first-order valence-corrected chi connectivity index (χ1v) is 7.15. The van der Waals surface area contributed by atoms with Crippen LogP contribution in [0.25, 0.3) is 0 Å². The Labute approximate surface area is 115 Å². The lowest BCUT2D eigenvalue weighted by atomic mass is 10.2. The largest absolute Gasteiger partial charge is 0.479 e. The molecule has 1 amide bonds. The Balaban J connectivity index is 1.73. The number of carbonyl (C=O) groups is 2. The van der Waals surface area contributed by atoms with Gasteiger partial charge in [-0.15, -0.1) is 11.3 Å². The predicted octanol–water partition coefficient (Wildman–Crippen LogP) is 1.35. The van der Waals surface area contributed by atoms with Gasteiger partial charge >= 0.3 is 5.97 Å². The minimum atomic E-state index is -0.996. The average Bonchev–Trinajstić information content (AvgIpc) is 2.98. The second-order valence-electron chi connectivity index (χ2n) is 4.60. The molecule has 2 N–H and O–H groups in total. The molecule has 0 spiro atoms. The molecule has 2 atom stereocenters. The summed E-state index contributed by atoms with van der Waals surface area (Å²) in [7, 11) is 0. The van der Waals surface area contributed by atoms with Crippen molar-refractivity contribution in [3.63, 3.8) is 0 Å². The lowest BCUT2D eigenvalue weighted by Crippen LogP contribution is -2.36. The second-order valence-corrected chi connectivity index (χ2v) is 5.60. The number of hydrogen-bond acceptors (Lipinski definition) is 4. The van der Waals surface area contributed by atoms with E-state index in [9.17, 15) is 9.59 Å². The van der Waals surface area contributed by atoms with Crippen LogP contribution in [0.2, 0.25) is 0 Å². The fourth-order valence-electron chi connectivity index (χ4n) is 2.08. The SMILES string of the molecule is Cc1ccsc1CCNC(=O)[C@@H]1CC[C@H](C(=O)O)O1. The number of rotatable bonds is 5. The van der Waals surface area contributed by atoms with Crippen LogP contribution in [0.3, 0.4) is 0 Å². The highest BCUT2D eigenvalue weighted by Gasteiger charge is 2.34. The topological polar surface area (TPSA) is 75.6 Å².